The van der Waals surface area contributed by atoms with Gasteiger partial charge in [-0.25, -0.2) is 22.2 Å². The van der Waals surface area contributed by atoms with E-state index in [1.165, 1.54) is 11.3 Å². The Bertz CT molecular complexity index is 1260. The molecule has 1 aromatic heterocycles. The Morgan fingerprint density at radius 1 is 0.971 bits per heavy atom. The molecule has 2 aromatic carbocycles. The first kappa shape index (κ1) is 25.1. The van der Waals surface area contributed by atoms with E-state index in [4.69, 9.17) is 19.2 Å². The van der Waals surface area contributed by atoms with Crippen LogP contribution in [0.3, 0.4) is 0 Å². The molecule has 3 aromatic rings. The van der Waals surface area contributed by atoms with Crippen LogP contribution in [-0.2, 0) is 16.4 Å². The van der Waals surface area contributed by atoms with Crippen LogP contribution in [0, 0.1) is 11.6 Å². The second kappa shape index (κ2) is 10.3. The molecule has 0 aliphatic carbocycles. The Morgan fingerprint density at radius 3 is 2.11 bits per heavy atom. The highest BCUT2D eigenvalue weighted by atomic mass is 32.2. The molecule has 0 amide bonds. The van der Waals surface area contributed by atoms with Crippen LogP contribution >= 0.6 is 11.3 Å². The second-order valence-corrected chi connectivity index (χ2v) is 10.5. The number of rotatable bonds is 8. The summed E-state index contributed by atoms with van der Waals surface area (Å²) in [6, 6.07) is 6.76. The van der Waals surface area contributed by atoms with Crippen molar-refractivity contribution in [1.29, 1.82) is 0 Å². The highest BCUT2D eigenvalue weighted by Crippen LogP contribution is 2.39. The normalized spacial score (nSPS) is 14.7. The summed E-state index contributed by atoms with van der Waals surface area (Å²) in [5.74, 6) is -0.560. The molecule has 188 valence electrons. The Hall–Kier alpha value is -2.96. The van der Waals surface area contributed by atoms with Gasteiger partial charge in [-0.1, -0.05) is 6.07 Å². The molecule has 0 N–H and O–H groups in total. The van der Waals surface area contributed by atoms with Crippen molar-refractivity contribution in [2.45, 2.75) is 11.3 Å². The van der Waals surface area contributed by atoms with Gasteiger partial charge < -0.3 is 19.1 Å². The number of benzene rings is 2. The predicted octanol–water partition coefficient (Wildman–Crippen LogP) is 3.55. The molecule has 0 spiro atoms. The molecular formula is C23H25F2N3O5S2. The number of hydrogen-bond donors (Lipinski definition) is 0. The zero-order valence-corrected chi connectivity index (χ0v) is 21.1. The van der Waals surface area contributed by atoms with Crippen LogP contribution in [0.2, 0.25) is 0 Å². The monoisotopic (exact) mass is 525 g/mol. The van der Waals surface area contributed by atoms with Crippen LogP contribution in [0.15, 0.2) is 40.6 Å². The fraction of sp³-hybridized carbons (Fsp3) is 0.348. The van der Waals surface area contributed by atoms with Gasteiger partial charge in [-0.2, -0.15) is 4.31 Å². The lowest BCUT2D eigenvalue weighted by atomic mass is 10.1. The number of sulfonamides is 1. The molecule has 0 radical (unpaired) electrons. The number of aromatic nitrogens is 1. The van der Waals surface area contributed by atoms with Crippen LogP contribution in [0.5, 0.6) is 17.2 Å². The van der Waals surface area contributed by atoms with E-state index in [9.17, 15) is 17.2 Å². The molecule has 1 saturated heterocycles. The van der Waals surface area contributed by atoms with Gasteiger partial charge in [0.25, 0.3) is 0 Å². The first-order valence-corrected chi connectivity index (χ1v) is 13.0. The van der Waals surface area contributed by atoms with E-state index in [0.29, 0.717) is 36.8 Å². The predicted molar refractivity (Wildman–Crippen MR) is 128 cm³/mol. The minimum atomic E-state index is -4.28. The highest BCUT2D eigenvalue weighted by Gasteiger charge is 2.33. The van der Waals surface area contributed by atoms with Crippen molar-refractivity contribution >= 4 is 26.5 Å². The number of anilines is 1. The van der Waals surface area contributed by atoms with Gasteiger partial charge in [0, 0.05) is 38.0 Å². The van der Waals surface area contributed by atoms with Gasteiger partial charge in [-0.15, -0.1) is 11.3 Å². The molecule has 0 saturated carbocycles. The molecule has 0 unspecified atom stereocenters. The molecule has 0 atom stereocenters. The summed E-state index contributed by atoms with van der Waals surface area (Å²) in [5, 5.41) is 2.69. The molecule has 12 heteroatoms. The van der Waals surface area contributed by atoms with Crippen molar-refractivity contribution in [1.82, 2.24) is 9.29 Å². The molecule has 2 heterocycles. The van der Waals surface area contributed by atoms with Gasteiger partial charge in [0.15, 0.2) is 21.5 Å². The van der Waals surface area contributed by atoms with Crippen LogP contribution in [0.25, 0.3) is 0 Å². The van der Waals surface area contributed by atoms with Crippen molar-refractivity contribution in [3.05, 3.63) is 58.6 Å². The fourth-order valence-electron chi connectivity index (χ4n) is 3.95. The number of methoxy groups -OCH3 is 3. The average molecular weight is 526 g/mol. The third kappa shape index (κ3) is 5.04. The SMILES string of the molecule is COc1cc(Cc2csc(N3CCN(S(=O)(=O)c4c(F)cccc4F)CC3)n2)cc(OC)c1OC. The Morgan fingerprint density at radius 2 is 1.57 bits per heavy atom. The molecule has 0 bridgehead atoms. The maximum Gasteiger partial charge on any atom is 0.249 e. The standard InChI is InChI=1S/C23H25F2N3O5S2/c1-31-19-12-15(13-20(32-2)21(19)33-3)11-16-14-34-23(26-16)27-7-9-28(10-8-27)35(29,30)22-17(24)5-4-6-18(22)25/h4-6,12-14H,7-11H2,1-3H3. The van der Waals surface area contributed by atoms with E-state index in [2.05, 4.69) is 0 Å². The number of hydrogen-bond acceptors (Lipinski definition) is 8. The topological polar surface area (TPSA) is 81.2 Å². The summed E-state index contributed by atoms with van der Waals surface area (Å²) in [6.07, 6.45) is 0.536. The van der Waals surface area contributed by atoms with E-state index in [-0.39, 0.29) is 13.1 Å². The lowest BCUT2D eigenvalue weighted by Gasteiger charge is -2.33. The van der Waals surface area contributed by atoms with E-state index in [0.717, 1.165) is 38.9 Å². The Balaban J connectivity index is 1.45. The van der Waals surface area contributed by atoms with Crippen LogP contribution in [0.1, 0.15) is 11.3 Å². The molecule has 1 fully saturated rings. The Kier molecular flexibility index (Phi) is 7.43. The molecular weight excluding hydrogens is 500 g/mol. The number of halogens is 2. The largest absolute Gasteiger partial charge is 0.493 e. The number of nitrogens with zero attached hydrogens (tertiary/aromatic N) is 3. The van der Waals surface area contributed by atoms with Gasteiger partial charge in [0.05, 0.1) is 27.0 Å². The molecule has 4 rings (SSSR count). The zero-order valence-electron chi connectivity index (χ0n) is 19.5. The molecule has 1 aliphatic rings. The van der Waals surface area contributed by atoms with Crippen molar-refractivity contribution in [3.8, 4) is 17.2 Å². The quantitative estimate of drug-likeness (QED) is 0.445. The molecule has 1 aliphatic heterocycles. The van der Waals surface area contributed by atoms with Gasteiger partial charge in [-0.05, 0) is 29.8 Å². The Labute approximate surface area is 206 Å². The fourth-order valence-corrected chi connectivity index (χ4v) is 6.36. The number of piperazine rings is 1. The average Bonchev–Trinajstić information content (AvgIpc) is 3.31. The number of ether oxygens (including phenoxy) is 3. The van der Waals surface area contributed by atoms with E-state index in [1.54, 1.807) is 21.3 Å². The van der Waals surface area contributed by atoms with Crippen LogP contribution in [-0.4, -0.2) is 65.2 Å². The second-order valence-electron chi connectivity index (χ2n) is 7.77. The van der Waals surface area contributed by atoms with Gasteiger partial charge in [0.1, 0.15) is 11.6 Å². The van der Waals surface area contributed by atoms with Gasteiger partial charge >= 0.3 is 0 Å². The molecule has 35 heavy (non-hydrogen) atoms. The van der Waals surface area contributed by atoms with Crippen LogP contribution in [0.4, 0.5) is 13.9 Å². The number of thiazole rings is 1. The minimum Gasteiger partial charge on any atom is -0.493 e. The summed E-state index contributed by atoms with van der Waals surface area (Å²) >= 11 is 1.45. The maximum atomic E-state index is 14.1. The summed E-state index contributed by atoms with van der Waals surface area (Å²) in [6.45, 7) is 0.897. The van der Waals surface area contributed by atoms with Crippen molar-refractivity contribution in [2.24, 2.45) is 0 Å². The zero-order chi connectivity index (χ0) is 25.2. The third-order valence-corrected chi connectivity index (χ3v) is 8.58. The highest BCUT2D eigenvalue weighted by molar-refractivity contribution is 7.89. The summed E-state index contributed by atoms with van der Waals surface area (Å²) in [4.78, 5) is 5.76. The summed E-state index contributed by atoms with van der Waals surface area (Å²) < 4.78 is 71.1. The van der Waals surface area contributed by atoms with E-state index >= 15 is 0 Å². The first-order valence-electron chi connectivity index (χ1n) is 10.7. The van der Waals surface area contributed by atoms with Crippen molar-refractivity contribution < 1.29 is 31.4 Å². The summed E-state index contributed by atoms with van der Waals surface area (Å²) in [5.41, 5.74) is 1.77. The first-order chi connectivity index (χ1) is 16.8. The van der Waals surface area contributed by atoms with Crippen LogP contribution < -0.4 is 19.1 Å². The van der Waals surface area contributed by atoms with E-state index in [1.807, 2.05) is 22.4 Å². The van der Waals surface area contributed by atoms with Gasteiger partial charge in [-0.3, -0.25) is 0 Å². The lowest BCUT2D eigenvalue weighted by Crippen LogP contribution is -2.49. The smallest absolute Gasteiger partial charge is 0.249 e. The lowest BCUT2D eigenvalue weighted by molar-refractivity contribution is 0.324. The maximum absolute atomic E-state index is 14.1. The van der Waals surface area contributed by atoms with Crippen molar-refractivity contribution in [2.75, 3.05) is 52.4 Å². The van der Waals surface area contributed by atoms with E-state index < -0.39 is 26.6 Å². The van der Waals surface area contributed by atoms with Crippen molar-refractivity contribution in [3.63, 3.8) is 0 Å². The summed E-state index contributed by atoms with van der Waals surface area (Å²) in [7, 11) is 0.384. The van der Waals surface area contributed by atoms with Gasteiger partial charge in [0.2, 0.25) is 15.8 Å². The molecule has 8 nitrogen and oxygen atoms in total. The minimum absolute atomic E-state index is 0.0951. The third-order valence-electron chi connectivity index (χ3n) is 5.68.